The lowest BCUT2D eigenvalue weighted by atomic mass is 10.1. The summed E-state index contributed by atoms with van der Waals surface area (Å²) in [6, 6.07) is 7.53. The van der Waals surface area contributed by atoms with Crippen LogP contribution in [0.25, 0.3) is 0 Å². The van der Waals surface area contributed by atoms with Crippen molar-refractivity contribution >= 4 is 5.69 Å². The molecule has 106 valence electrons. The Bertz CT molecular complexity index is 342. The minimum Gasteiger partial charge on any atom is -0.494 e. The van der Waals surface area contributed by atoms with Gasteiger partial charge in [0, 0.05) is 12.1 Å². The number of anilines is 1. The van der Waals surface area contributed by atoms with E-state index in [0.29, 0.717) is 12.7 Å². The molecule has 0 amide bonds. The molecule has 1 aromatic carbocycles. The molecule has 3 nitrogen and oxygen atoms in total. The van der Waals surface area contributed by atoms with Gasteiger partial charge in [0.05, 0.1) is 19.3 Å². The largest absolute Gasteiger partial charge is 0.494 e. The van der Waals surface area contributed by atoms with E-state index in [2.05, 4.69) is 0 Å². The molecule has 2 rings (SSSR count). The molecule has 0 unspecified atom stereocenters. The first-order chi connectivity index (χ1) is 9.34. The summed E-state index contributed by atoms with van der Waals surface area (Å²) in [5, 5.41) is 0. The fourth-order valence-electron chi connectivity index (χ4n) is 2.47. The van der Waals surface area contributed by atoms with E-state index in [1.807, 2.05) is 24.3 Å². The van der Waals surface area contributed by atoms with Gasteiger partial charge in [-0.25, -0.2) is 0 Å². The molecule has 1 saturated carbocycles. The van der Waals surface area contributed by atoms with Crippen LogP contribution in [0.3, 0.4) is 0 Å². The predicted octanol–water partition coefficient (Wildman–Crippen LogP) is 3.78. The quantitative estimate of drug-likeness (QED) is 0.482. The molecular weight excluding hydrogens is 238 g/mol. The summed E-state index contributed by atoms with van der Waals surface area (Å²) in [6.45, 7) is 1.51. The lowest BCUT2D eigenvalue weighted by molar-refractivity contribution is 0.0364. The van der Waals surface area contributed by atoms with Gasteiger partial charge in [0.15, 0.2) is 0 Å². The normalized spacial score (nSPS) is 17.1. The summed E-state index contributed by atoms with van der Waals surface area (Å²) in [6.07, 6.45) is 9.30. The van der Waals surface area contributed by atoms with Crippen molar-refractivity contribution in [2.24, 2.45) is 0 Å². The highest BCUT2D eigenvalue weighted by Crippen LogP contribution is 2.20. The van der Waals surface area contributed by atoms with Crippen molar-refractivity contribution in [2.45, 2.75) is 51.0 Å². The van der Waals surface area contributed by atoms with Crippen molar-refractivity contribution in [1.82, 2.24) is 0 Å². The summed E-state index contributed by atoms with van der Waals surface area (Å²) < 4.78 is 11.6. The van der Waals surface area contributed by atoms with Crippen LogP contribution in [-0.2, 0) is 4.74 Å². The summed E-state index contributed by atoms with van der Waals surface area (Å²) in [4.78, 5) is 0. The number of nitrogens with two attached hydrogens (primary N) is 1. The van der Waals surface area contributed by atoms with Crippen LogP contribution in [0, 0.1) is 0 Å². The first-order valence-electron chi connectivity index (χ1n) is 7.44. The maximum Gasteiger partial charge on any atom is 0.119 e. The second-order valence-electron chi connectivity index (χ2n) is 5.26. The molecule has 0 aromatic heterocycles. The third kappa shape index (κ3) is 5.52. The number of nitrogen functional groups attached to an aromatic ring is 1. The topological polar surface area (TPSA) is 44.5 Å². The molecule has 0 spiro atoms. The van der Waals surface area contributed by atoms with Gasteiger partial charge >= 0.3 is 0 Å². The van der Waals surface area contributed by atoms with E-state index >= 15 is 0 Å². The zero-order chi connectivity index (χ0) is 13.3. The Hall–Kier alpha value is -1.22. The van der Waals surface area contributed by atoms with Crippen LogP contribution in [0.2, 0.25) is 0 Å². The van der Waals surface area contributed by atoms with E-state index in [9.17, 15) is 0 Å². The van der Waals surface area contributed by atoms with E-state index in [1.165, 1.54) is 38.5 Å². The Balaban J connectivity index is 1.55. The number of benzene rings is 1. The molecule has 1 aliphatic rings. The Labute approximate surface area is 116 Å². The van der Waals surface area contributed by atoms with Gasteiger partial charge in [-0.3, -0.25) is 0 Å². The van der Waals surface area contributed by atoms with Crippen molar-refractivity contribution in [2.75, 3.05) is 18.9 Å². The van der Waals surface area contributed by atoms with E-state index in [4.69, 9.17) is 15.2 Å². The molecule has 2 N–H and O–H groups in total. The monoisotopic (exact) mass is 263 g/mol. The lowest BCUT2D eigenvalue weighted by Gasteiger charge is -2.15. The van der Waals surface area contributed by atoms with Crippen LogP contribution in [0.5, 0.6) is 5.75 Å². The molecule has 1 aromatic rings. The molecule has 3 heteroatoms. The van der Waals surface area contributed by atoms with Crippen LogP contribution in [0.1, 0.15) is 44.9 Å². The average molecular weight is 263 g/mol. The molecule has 0 heterocycles. The standard InChI is InChI=1S/C16H25NO2/c17-14-8-10-16(11-9-14)19-13-5-12-18-15-6-3-1-2-4-7-15/h8-11,15H,1-7,12-13,17H2. The van der Waals surface area contributed by atoms with Gasteiger partial charge in [0.25, 0.3) is 0 Å². The SMILES string of the molecule is Nc1ccc(OCCCOC2CCCCCC2)cc1. The van der Waals surface area contributed by atoms with Gasteiger partial charge in [0.2, 0.25) is 0 Å². The number of ether oxygens (including phenoxy) is 2. The number of rotatable bonds is 6. The van der Waals surface area contributed by atoms with Crippen LogP contribution < -0.4 is 10.5 Å². The summed E-state index contributed by atoms with van der Waals surface area (Å²) in [5.74, 6) is 0.878. The van der Waals surface area contributed by atoms with Crippen molar-refractivity contribution in [1.29, 1.82) is 0 Å². The highest BCUT2D eigenvalue weighted by molar-refractivity contribution is 5.41. The first kappa shape index (κ1) is 14.2. The molecule has 0 saturated heterocycles. The Morgan fingerprint density at radius 2 is 1.63 bits per heavy atom. The lowest BCUT2D eigenvalue weighted by Crippen LogP contribution is -2.14. The van der Waals surface area contributed by atoms with E-state index < -0.39 is 0 Å². The Morgan fingerprint density at radius 1 is 0.947 bits per heavy atom. The zero-order valence-corrected chi connectivity index (χ0v) is 11.6. The number of hydrogen-bond donors (Lipinski definition) is 1. The van der Waals surface area contributed by atoms with Crippen LogP contribution in [0.4, 0.5) is 5.69 Å². The van der Waals surface area contributed by atoms with Crippen LogP contribution in [0.15, 0.2) is 24.3 Å². The highest BCUT2D eigenvalue weighted by Gasteiger charge is 2.11. The molecule has 0 atom stereocenters. The van der Waals surface area contributed by atoms with Gasteiger partial charge in [0.1, 0.15) is 5.75 Å². The van der Waals surface area contributed by atoms with Gasteiger partial charge in [-0.1, -0.05) is 25.7 Å². The Morgan fingerprint density at radius 3 is 2.32 bits per heavy atom. The fourth-order valence-corrected chi connectivity index (χ4v) is 2.47. The Kier molecular flexibility index (Phi) is 6.02. The van der Waals surface area contributed by atoms with Crippen molar-refractivity contribution in [3.63, 3.8) is 0 Å². The molecular formula is C16H25NO2. The summed E-state index contributed by atoms with van der Waals surface area (Å²) in [5.41, 5.74) is 6.39. The molecule has 0 radical (unpaired) electrons. The summed E-state index contributed by atoms with van der Waals surface area (Å²) in [7, 11) is 0. The van der Waals surface area contributed by atoms with Gasteiger partial charge in [-0.2, -0.15) is 0 Å². The van der Waals surface area contributed by atoms with Gasteiger partial charge < -0.3 is 15.2 Å². The van der Waals surface area contributed by atoms with Crippen molar-refractivity contribution in [3.8, 4) is 5.75 Å². The van der Waals surface area contributed by atoms with E-state index in [-0.39, 0.29) is 0 Å². The first-order valence-corrected chi connectivity index (χ1v) is 7.44. The molecule has 1 aliphatic carbocycles. The van der Waals surface area contributed by atoms with E-state index in [1.54, 1.807) is 0 Å². The maximum atomic E-state index is 5.92. The summed E-state index contributed by atoms with van der Waals surface area (Å²) >= 11 is 0. The average Bonchev–Trinajstić information content (AvgIpc) is 2.69. The third-order valence-corrected chi connectivity index (χ3v) is 3.59. The molecule has 19 heavy (non-hydrogen) atoms. The minimum atomic E-state index is 0.485. The van der Waals surface area contributed by atoms with Crippen LogP contribution >= 0.6 is 0 Å². The molecule has 1 fully saturated rings. The number of hydrogen-bond acceptors (Lipinski definition) is 3. The third-order valence-electron chi connectivity index (χ3n) is 3.59. The predicted molar refractivity (Wildman–Crippen MR) is 78.4 cm³/mol. The molecule has 0 bridgehead atoms. The van der Waals surface area contributed by atoms with Gasteiger partial charge in [-0.05, 0) is 37.1 Å². The minimum absolute atomic E-state index is 0.485. The second kappa shape index (κ2) is 8.05. The van der Waals surface area contributed by atoms with Crippen molar-refractivity contribution < 1.29 is 9.47 Å². The second-order valence-corrected chi connectivity index (χ2v) is 5.26. The smallest absolute Gasteiger partial charge is 0.119 e. The highest BCUT2D eigenvalue weighted by atomic mass is 16.5. The van der Waals surface area contributed by atoms with Crippen molar-refractivity contribution in [3.05, 3.63) is 24.3 Å². The zero-order valence-electron chi connectivity index (χ0n) is 11.6. The fraction of sp³-hybridized carbons (Fsp3) is 0.625. The van der Waals surface area contributed by atoms with Crippen LogP contribution in [-0.4, -0.2) is 19.3 Å². The van der Waals surface area contributed by atoms with E-state index in [0.717, 1.165) is 24.5 Å². The molecule has 0 aliphatic heterocycles. The van der Waals surface area contributed by atoms with Gasteiger partial charge in [-0.15, -0.1) is 0 Å². The maximum absolute atomic E-state index is 5.92.